The number of nitrogens with zero attached hydrogens (tertiary/aromatic N) is 2. The third-order valence-corrected chi connectivity index (χ3v) is 4.26. The summed E-state index contributed by atoms with van der Waals surface area (Å²) in [5, 5.41) is 3.46. The van der Waals surface area contributed by atoms with E-state index in [1.54, 1.807) is 6.92 Å². The molecule has 120 valence electrons. The normalized spacial score (nSPS) is 18.8. The van der Waals surface area contributed by atoms with Crippen molar-refractivity contribution in [2.24, 2.45) is 0 Å². The summed E-state index contributed by atoms with van der Waals surface area (Å²) < 4.78 is 0. The third-order valence-electron chi connectivity index (χ3n) is 4.26. The summed E-state index contributed by atoms with van der Waals surface area (Å²) in [6.45, 7) is 7.89. The number of carbonyl (C=O) groups is 1. The summed E-state index contributed by atoms with van der Waals surface area (Å²) in [6.07, 6.45) is 3.80. The van der Waals surface area contributed by atoms with Gasteiger partial charge in [-0.1, -0.05) is 18.2 Å². The molecular weight excluding hydrogens is 286 g/mol. The van der Waals surface area contributed by atoms with E-state index in [9.17, 15) is 4.79 Å². The predicted molar refractivity (Wildman–Crippen MR) is 92.4 cm³/mol. The first kappa shape index (κ1) is 15.8. The molecule has 1 N–H and O–H groups in total. The van der Waals surface area contributed by atoms with Crippen molar-refractivity contribution in [2.45, 2.75) is 26.4 Å². The van der Waals surface area contributed by atoms with Gasteiger partial charge in [0.2, 0.25) is 0 Å². The molecule has 4 heteroatoms. The average Bonchev–Trinajstić information content (AvgIpc) is 2.55. The van der Waals surface area contributed by atoms with Gasteiger partial charge in [-0.25, -0.2) is 0 Å². The number of rotatable bonds is 4. The number of pyridine rings is 1. The van der Waals surface area contributed by atoms with Crippen molar-refractivity contribution in [3.8, 4) is 11.1 Å². The molecule has 1 aromatic heterocycles. The Kier molecular flexibility index (Phi) is 4.84. The molecule has 0 radical (unpaired) electrons. The van der Waals surface area contributed by atoms with E-state index in [2.05, 4.69) is 28.2 Å². The highest BCUT2D eigenvalue weighted by Gasteiger charge is 2.15. The number of benzene rings is 1. The maximum atomic E-state index is 11.6. The molecule has 1 aliphatic heterocycles. The molecule has 2 heterocycles. The second-order valence-electron chi connectivity index (χ2n) is 6.31. The molecule has 3 rings (SSSR count). The van der Waals surface area contributed by atoms with Gasteiger partial charge in [-0.15, -0.1) is 0 Å². The summed E-state index contributed by atoms with van der Waals surface area (Å²) in [5.74, 6) is 0.0887. The van der Waals surface area contributed by atoms with Crippen LogP contribution in [0.1, 0.15) is 29.8 Å². The first-order chi connectivity index (χ1) is 11.1. The number of aromatic nitrogens is 1. The van der Waals surface area contributed by atoms with Crippen LogP contribution in [0, 0.1) is 0 Å². The third kappa shape index (κ3) is 4.03. The molecule has 1 saturated heterocycles. The Balaban J connectivity index is 1.79. The Morgan fingerprint density at radius 3 is 2.96 bits per heavy atom. The molecule has 0 bridgehead atoms. The highest BCUT2D eigenvalue weighted by Crippen LogP contribution is 2.21. The highest BCUT2D eigenvalue weighted by molar-refractivity contribution is 5.95. The monoisotopic (exact) mass is 309 g/mol. The minimum Gasteiger partial charge on any atom is -0.312 e. The average molecular weight is 309 g/mol. The molecule has 0 saturated carbocycles. The van der Waals surface area contributed by atoms with Gasteiger partial charge in [-0.2, -0.15) is 0 Å². The molecule has 2 aromatic rings. The van der Waals surface area contributed by atoms with Crippen LogP contribution in [-0.4, -0.2) is 41.3 Å². The van der Waals surface area contributed by atoms with E-state index in [0.717, 1.165) is 42.9 Å². The highest BCUT2D eigenvalue weighted by atomic mass is 16.1. The quantitative estimate of drug-likeness (QED) is 0.882. The molecule has 0 aliphatic carbocycles. The van der Waals surface area contributed by atoms with Gasteiger partial charge in [0, 0.05) is 55.7 Å². The van der Waals surface area contributed by atoms with Crippen molar-refractivity contribution >= 4 is 5.78 Å². The van der Waals surface area contributed by atoms with Crippen molar-refractivity contribution < 1.29 is 4.79 Å². The molecule has 1 fully saturated rings. The van der Waals surface area contributed by atoms with E-state index in [4.69, 9.17) is 0 Å². The minimum absolute atomic E-state index is 0.0887. The largest absolute Gasteiger partial charge is 0.312 e. The molecule has 0 amide bonds. The van der Waals surface area contributed by atoms with Crippen molar-refractivity contribution in [3.63, 3.8) is 0 Å². The number of nitrogens with one attached hydrogen (secondary N) is 1. The molecule has 1 unspecified atom stereocenters. The van der Waals surface area contributed by atoms with Crippen LogP contribution in [0.2, 0.25) is 0 Å². The lowest BCUT2D eigenvalue weighted by Crippen LogP contribution is -2.48. The molecular formula is C19H23N3O. The minimum atomic E-state index is 0.0887. The number of hydrogen-bond acceptors (Lipinski definition) is 4. The summed E-state index contributed by atoms with van der Waals surface area (Å²) in [6, 6.07) is 10.5. The zero-order valence-electron chi connectivity index (χ0n) is 13.7. The second-order valence-corrected chi connectivity index (χ2v) is 6.31. The van der Waals surface area contributed by atoms with E-state index >= 15 is 0 Å². The van der Waals surface area contributed by atoms with Crippen LogP contribution in [0.3, 0.4) is 0 Å². The first-order valence-electron chi connectivity index (χ1n) is 8.13. The lowest BCUT2D eigenvalue weighted by Gasteiger charge is -2.31. The molecule has 1 atom stereocenters. The van der Waals surface area contributed by atoms with E-state index in [1.807, 2.05) is 36.7 Å². The number of piperazine rings is 1. The van der Waals surface area contributed by atoms with Crippen LogP contribution < -0.4 is 5.32 Å². The zero-order chi connectivity index (χ0) is 16.2. The Morgan fingerprint density at radius 2 is 2.17 bits per heavy atom. The van der Waals surface area contributed by atoms with Crippen LogP contribution >= 0.6 is 0 Å². The molecule has 23 heavy (non-hydrogen) atoms. The van der Waals surface area contributed by atoms with Crippen LogP contribution in [-0.2, 0) is 6.54 Å². The van der Waals surface area contributed by atoms with Gasteiger partial charge in [0.05, 0.1) is 0 Å². The van der Waals surface area contributed by atoms with Crippen LogP contribution in [0.15, 0.2) is 42.7 Å². The van der Waals surface area contributed by atoms with Gasteiger partial charge in [0.15, 0.2) is 5.78 Å². The topological polar surface area (TPSA) is 45.2 Å². The fourth-order valence-electron chi connectivity index (χ4n) is 3.06. The SMILES string of the molecule is CC(=O)c1cccc(-c2cncc(CN3CCNC(C)C3)c2)c1. The number of hydrogen-bond donors (Lipinski definition) is 1. The smallest absolute Gasteiger partial charge is 0.159 e. The van der Waals surface area contributed by atoms with Gasteiger partial charge in [-0.3, -0.25) is 14.7 Å². The lowest BCUT2D eigenvalue weighted by molar-refractivity contribution is 0.101. The van der Waals surface area contributed by atoms with Crippen LogP contribution in [0.25, 0.3) is 11.1 Å². The van der Waals surface area contributed by atoms with Crippen molar-refractivity contribution in [3.05, 3.63) is 53.9 Å². The van der Waals surface area contributed by atoms with E-state index in [-0.39, 0.29) is 5.78 Å². The summed E-state index contributed by atoms with van der Waals surface area (Å²) in [5.41, 5.74) is 4.06. The number of carbonyl (C=O) groups excluding carboxylic acids is 1. The Labute approximate surface area is 137 Å². The van der Waals surface area contributed by atoms with Gasteiger partial charge in [-0.05, 0) is 37.1 Å². The van der Waals surface area contributed by atoms with Gasteiger partial charge in [0.1, 0.15) is 0 Å². The summed E-state index contributed by atoms with van der Waals surface area (Å²) in [7, 11) is 0. The van der Waals surface area contributed by atoms with E-state index in [0.29, 0.717) is 6.04 Å². The molecule has 4 nitrogen and oxygen atoms in total. The van der Waals surface area contributed by atoms with Crippen LogP contribution in [0.4, 0.5) is 0 Å². The fraction of sp³-hybridized carbons (Fsp3) is 0.368. The molecule has 0 spiro atoms. The molecule has 1 aliphatic rings. The van der Waals surface area contributed by atoms with Gasteiger partial charge >= 0.3 is 0 Å². The summed E-state index contributed by atoms with van der Waals surface area (Å²) in [4.78, 5) is 18.4. The number of Topliss-reactive ketones (excluding diaryl/α,β-unsaturated/α-hetero) is 1. The number of ketones is 1. The van der Waals surface area contributed by atoms with Gasteiger partial charge in [0.25, 0.3) is 0 Å². The van der Waals surface area contributed by atoms with Crippen molar-refractivity contribution in [2.75, 3.05) is 19.6 Å². The maximum Gasteiger partial charge on any atom is 0.159 e. The summed E-state index contributed by atoms with van der Waals surface area (Å²) >= 11 is 0. The Morgan fingerprint density at radius 1 is 1.30 bits per heavy atom. The Bertz CT molecular complexity index is 699. The zero-order valence-corrected chi connectivity index (χ0v) is 13.7. The van der Waals surface area contributed by atoms with E-state index in [1.165, 1.54) is 5.56 Å². The predicted octanol–water partition coefficient (Wildman–Crippen LogP) is 2.74. The fourth-order valence-corrected chi connectivity index (χ4v) is 3.06. The first-order valence-corrected chi connectivity index (χ1v) is 8.13. The van der Waals surface area contributed by atoms with Crippen LogP contribution in [0.5, 0.6) is 0 Å². The molecule has 1 aromatic carbocycles. The van der Waals surface area contributed by atoms with Crippen molar-refractivity contribution in [1.82, 2.24) is 15.2 Å². The Hall–Kier alpha value is -2.04. The second kappa shape index (κ2) is 7.02. The lowest BCUT2D eigenvalue weighted by atomic mass is 10.0. The van der Waals surface area contributed by atoms with Gasteiger partial charge < -0.3 is 5.32 Å². The van der Waals surface area contributed by atoms with Crippen molar-refractivity contribution in [1.29, 1.82) is 0 Å². The maximum absolute atomic E-state index is 11.6. The standard InChI is InChI=1S/C19H23N3O/c1-14-12-22(7-6-21-14)13-16-8-19(11-20-10-16)18-5-3-4-17(9-18)15(2)23/h3-5,8-11,14,21H,6-7,12-13H2,1-2H3. The van der Waals surface area contributed by atoms with E-state index < -0.39 is 0 Å².